The van der Waals surface area contributed by atoms with Crippen molar-refractivity contribution in [3.63, 3.8) is 0 Å². The second-order valence-electron chi connectivity index (χ2n) is 7.04. The zero-order valence-corrected chi connectivity index (χ0v) is 17.7. The summed E-state index contributed by atoms with van der Waals surface area (Å²) in [6.45, 7) is 3.68. The molecule has 0 amide bonds. The Bertz CT molecular complexity index is 1100. The van der Waals surface area contributed by atoms with Gasteiger partial charge in [-0.1, -0.05) is 55.0 Å². The van der Waals surface area contributed by atoms with Crippen LogP contribution in [0.5, 0.6) is 0 Å². The van der Waals surface area contributed by atoms with Gasteiger partial charge in [-0.15, -0.1) is 0 Å². The minimum absolute atomic E-state index is 0.00942. The predicted molar refractivity (Wildman–Crippen MR) is 111 cm³/mol. The third-order valence-electron chi connectivity index (χ3n) is 5.15. The topological polar surface area (TPSA) is 101 Å². The fourth-order valence-electron chi connectivity index (χ4n) is 3.66. The van der Waals surface area contributed by atoms with Crippen molar-refractivity contribution in [3.8, 4) is 0 Å². The minimum Gasteiger partial charge on any atom is -0.478 e. The van der Waals surface area contributed by atoms with E-state index in [1.54, 1.807) is 37.3 Å². The molecule has 2 aromatic rings. The SMILES string of the molecule is CC[C@H]1C=C(C(=O)O)[C@@H](c2ccc(C)cc2)N1S(=O)(=O)c1ccccc1C(=O)OC. The molecular formula is C22H23NO6S. The quantitative estimate of drug-likeness (QED) is 0.707. The summed E-state index contributed by atoms with van der Waals surface area (Å²) in [5, 5.41) is 9.78. The number of carboxylic acids is 1. The van der Waals surface area contributed by atoms with Gasteiger partial charge < -0.3 is 9.84 Å². The summed E-state index contributed by atoms with van der Waals surface area (Å²) < 4.78 is 33.4. The van der Waals surface area contributed by atoms with Gasteiger partial charge in [-0.3, -0.25) is 0 Å². The van der Waals surface area contributed by atoms with Gasteiger partial charge in [0.25, 0.3) is 0 Å². The highest BCUT2D eigenvalue weighted by Gasteiger charge is 2.46. The van der Waals surface area contributed by atoms with Crippen LogP contribution in [0.15, 0.2) is 65.1 Å². The number of methoxy groups -OCH3 is 1. The normalized spacial score (nSPS) is 19.4. The van der Waals surface area contributed by atoms with Crippen LogP contribution >= 0.6 is 0 Å². The molecule has 1 heterocycles. The van der Waals surface area contributed by atoms with Crippen LogP contribution < -0.4 is 0 Å². The number of ether oxygens (including phenoxy) is 1. The molecule has 0 fully saturated rings. The van der Waals surface area contributed by atoms with Crippen LogP contribution in [0.1, 0.15) is 40.9 Å². The molecule has 1 N–H and O–H groups in total. The van der Waals surface area contributed by atoms with E-state index in [9.17, 15) is 23.1 Å². The lowest BCUT2D eigenvalue weighted by molar-refractivity contribution is -0.133. The lowest BCUT2D eigenvalue weighted by Gasteiger charge is -2.31. The maximum absolute atomic E-state index is 13.8. The Morgan fingerprint density at radius 1 is 1.10 bits per heavy atom. The van der Waals surface area contributed by atoms with Crippen molar-refractivity contribution in [1.82, 2.24) is 4.31 Å². The van der Waals surface area contributed by atoms with E-state index in [-0.39, 0.29) is 16.0 Å². The first-order valence-corrected chi connectivity index (χ1v) is 10.9. The fraction of sp³-hybridized carbons (Fsp3) is 0.273. The van der Waals surface area contributed by atoms with E-state index in [0.717, 1.165) is 5.56 Å². The molecule has 3 rings (SSSR count). The van der Waals surface area contributed by atoms with Crippen LogP contribution in [0.3, 0.4) is 0 Å². The van der Waals surface area contributed by atoms with Gasteiger partial charge in [-0.25, -0.2) is 18.0 Å². The highest BCUT2D eigenvalue weighted by Crippen LogP contribution is 2.42. The van der Waals surface area contributed by atoms with Gasteiger partial charge in [0.1, 0.15) is 0 Å². The number of rotatable bonds is 6. The van der Waals surface area contributed by atoms with E-state index in [1.165, 1.54) is 35.7 Å². The second-order valence-corrected chi connectivity index (χ2v) is 8.85. The van der Waals surface area contributed by atoms with Crippen LogP contribution in [0.4, 0.5) is 0 Å². The Hall–Kier alpha value is -2.97. The van der Waals surface area contributed by atoms with E-state index in [4.69, 9.17) is 4.74 Å². The van der Waals surface area contributed by atoms with Gasteiger partial charge in [-0.05, 0) is 31.0 Å². The number of aryl methyl sites for hydroxylation is 1. The number of sulfonamides is 1. The zero-order valence-electron chi connectivity index (χ0n) is 16.9. The molecule has 2 aromatic carbocycles. The third-order valence-corrected chi connectivity index (χ3v) is 7.10. The van der Waals surface area contributed by atoms with E-state index >= 15 is 0 Å². The number of carbonyl (C=O) groups excluding carboxylic acids is 1. The molecule has 1 aliphatic rings. The lowest BCUT2D eigenvalue weighted by Crippen LogP contribution is -2.39. The molecule has 158 valence electrons. The molecule has 0 spiro atoms. The summed E-state index contributed by atoms with van der Waals surface area (Å²) in [4.78, 5) is 24.0. The van der Waals surface area contributed by atoms with Crippen LogP contribution in [-0.2, 0) is 19.6 Å². The maximum atomic E-state index is 13.8. The number of carbonyl (C=O) groups is 2. The largest absolute Gasteiger partial charge is 0.478 e. The molecule has 0 saturated heterocycles. The maximum Gasteiger partial charge on any atom is 0.339 e. The van der Waals surface area contributed by atoms with E-state index in [1.807, 2.05) is 6.92 Å². The molecule has 0 unspecified atom stereocenters. The van der Waals surface area contributed by atoms with Crippen molar-refractivity contribution in [3.05, 3.63) is 76.9 Å². The summed E-state index contributed by atoms with van der Waals surface area (Å²) in [5.41, 5.74) is 1.41. The summed E-state index contributed by atoms with van der Waals surface area (Å²) in [6.07, 6.45) is 1.85. The van der Waals surface area contributed by atoms with Crippen molar-refractivity contribution in [1.29, 1.82) is 0 Å². The molecule has 7 nitrogen and oxygen atoms in total. The molecule has 8 heteroatoms. The van der Waals surface area contributed by atoms with Crippen molar-refractivity contribution in [2.75, 3.05) is 7.11 Å². The van der Waals surface area contributed by atoms with Crippen LogP contribution in [0.2, 0.25) is 0 Å². The summed E-state index contributed by atoms with van der Waals surface area (Å²) >= 11 is 0. The van der Waals surface area contributed by atoms with E-state index in [0.29, 0.717) is 12.0 Å². The molecule has 0 saturated carbocycles. The Morgan fingerprint density at radius 2 is 1.73 bits per heavy atom. The summed E-state index contributed by atoms with van der Waals surface area (Å²) in [6, 6.07) is 11.2. The molecule has 2 atom stereocenters. The van der Waals surface area contributed by atoms with Crippen LogP contribution in [0.25, 0.3) is 0 Å². The van der Waals surface area contributed by atoms with E-state index in [2.05, 4.69) is 0 Å². The van der Waals surface area contributed by atoms with Gasteiger partial charge in [0.05, 0.1) is 29.2 Å². The standard InChI is InChI=1S/C22H23NO6S/c1-4-16-13-18(21(24)25)20(15-11-9-14(2)10-12-15)23(16)30(27,28)19-8-6-5-7-17(19)22(26)29-3/h5-13,16,20H,4H2,1-3H3,(H,24,25)/t16-,20+/m0/s1. The van der Waals surface area contributed by atoms with Gasteiger partial charge in [0.2, 0.25) is 10.0 Å². The second kappa shape index (κ2) is 8.41. The zero-order chi connectivity index (χ0) is 22.1. The van der Waals surface area contributed by atoms with Crippen molar-refractivity contribution < 1.29 is 27.9 Å². The number of aliphatic carboxylic acids is 1. The fourth-order valence-corrected chi connectivity index (χ4v) is 5.65. The Morgan fingerprint density at radius 3 is 2.30 bits per heavy atom. The first-order valence-electron chi connectivity index (χ1n) is 9.44. The molecular weight excluding hydrogens is 406 g/mol. The average Bonchev–Trinajstić information content (AvgIpc) is 3.14. The van der Waals surface area contributed by atoms with Gasteiger partial charge in [0, 0.05) is 6.04 Å². The Kier molecular flexibility index (Phi) is 6.09. The molecule has 1 aliphatic heterocycles. The van der Waals surface area contributed by atoms with Crippen molar-refractivity contribution in [2.45, 2.75) is 37.2 Å². The average molecular weight is 429 g/mol. The molecule has 0 radical (unpaired) electrons. The van der Waals surface area contributed by atoms with Crippen molar-refractivity contribution >= 4 is 22.0 Å². The van der Waals surface area contributed by atoms with Gasteiger partial charge in [-0.2, -0.15) is 4.31 Å². The minimum atomic E-state index is -4.24. The summed E-state index contributed by atoms with van der Waals surface area (Å²) in [5.74, 6) is -1.96. The van der Waals surface area contributed by atoms with Gasteiger partial charge >= 0.3 is 11.9 Å². The van der Waals surface area contributed by atoms with Crippen LogP contribution in [0, 0.1) is 6.92 Å². The first-order chi connectivity index (χ1) is 14.2. The number of esters is 1. The highest BCUT2D eigenvalue weighted by molar-refractivity contribution is 7.89. The Labute approximate surface area is 175 Å². The molecule has 0 aliphatic carbocycles. The highest BCUT2D eigenvalue weighted by atomic mass is 32.2. The third kappa shape index (κ3) is 3.76. The number of benzene rings is 2. The predicted octanol–water partition coefficient (Wildman–Crippen LogP) is 3.32. The van der Waals surface area contributed by atoms with Crippen molar-refractivity contribution in [2.24, 2.45) is 0 Å². The first kappa shape index (κ1) is 21.7. The number of nitrogens with zero attached hydrogens (tertiary/aromatic N) is 1. The molecule has 0 aromatic heterocycles. The number of hydrogen-bond donors (Lipinski definition) is 1. The van der Waals surface area contributed by atoms with Gasteiger partial charge in [0.15, 0.2) is 0 Å². The smallest absolute Gasteiger partial charge is 0.339 e. The Balaban J connectivity index is 2.22. The molecule has 0 bridgehead atoms. The number of hydrogen-bond acceptors (Lipinski definition) is 5. The summed E-state index contributed by atoms with van der Waals surface area (Å²) in [7, 11) is -3.07. The van der Waals surface area contributed by atoms with Crippen LogP contribution in [-0.4, -0.2) is 42.9 Å². The van der Waals surface area contributed by atoms with E-state index < -0.39 is 34.0 Å². The monoisotopic (exact) mass is 429 g/mol. The number of carboxylic acid groups (broad SMARTS) is 1. The lowest BCUT2D eigenvalue weighted by atomic mass is 10.00. The molecule has 30 heavy (non-hydrogen) atoms.